The predicted molar refractivity (Wildman–Crippen MR) is 67.4 cm³/mol. The minimum Gasteiger partial charge on any atom is -0.396 e. The van der Waals surface area contributed by atoms with E-state index in [0.29, 0.717) is 12.1 Å². The van der Waals surface area contributed by atoms with Gasteiger partial charge in [-0.15, -0.1) is 0 Å². The van der Waals surface area contributed by atoms with Gasteiger partial charge in [-0.05, 0) is 30.7 Å². The molecule has 0 unspecified atom stereocenters. The van der Waals surface area contributed by atoms with Crippen LogP contribution < -0.4 is 10.9 Å². The van der Waals surface area contributed by atoms with E-state index < -0.39 is 0 Å². The molecule has 18 heavy (non-hydrogen) atoms. The Labute approximate surface area is 105 Å². The number of hydrogen-bond donors (Lipinski definition) is 2. The van der Waals surface area contributed by atoms with Crippen molar-refractivity contribution in [3.63, 3.8) is 0 Å². The number of hydrogen-bond acceptors (Lipinski definition) is 3. The van der Waals surface area contributed by atoms with E-state index in [9.17, 15) is 9.59 Å². The third-order valence-electron chi connectivity index (χ3n) is 3.59. The molecular formula is C13H18N2O3. The van der Waals surface area contributed by atoms with Crippen molar-refractivity contribution in [2.24, 2.45) is 12.5 Å². The van der Waals surface area contributed by atoms with E-state index in [2.05, 4.69) is 5.32 Å². The highest BCUT2D eigenvalue weighted by molar-refractivity contribution is 5.94. The second kappa shape index (κ2) is 4.94. The van der Waals surface area contributed by atoms with Gasteiger partial charge in [0.2, 0.25) is 0 Å². The molecule has 1 fully saturated rings. The summed E-state index contributed by atoms with van der Waals surface area (Å²) in [4.78, 5) is 23.3. The van der Waals surface area contributed by atoms with Crippen LogP contribution in [-0.2, 0) is 7.05 Å². The fourth-order valence-corrected chi connectivity index (χ4v) is 1.99. The zero-order valence-corrected chi connectivity index (χ0v) is 10.5. The molecule has 5 heteroatoms. The van der Waals surface area contributed by atoms with E-state index in [4.69, 9.17) is 5.11 Å². The summed E-state index contributed by atoms with van der Waals surface area (Å²) in [6, 6.07) is 2.96. The van der Waals surface area contributed by atoms with Gasteiger partial charge < -0.3 is 15.0 Å². The van der Waals surface area contributed by atoms with Gasteiger partial charge in [0.25, 0.3) is 11.5 Å². The molecule has 0 aliphatic heterocycles. The maximum atomic E-state index is 11.9. The number of carbonyl (C=O) groups excluding carboxylic acids is 1. The molecule has 0 saturated heterocycles. The number of nitrogens with one attached hydrogen (secondary N) is 1. The molecule has 2 rings (SSSR count). The Morgan fingerprint density at radius 1 is 1.56 bits per heavy atom. The van der Waals surface area contributed by atoms with Crippen LogP contribution in [-0.4, -0.2) is 28.7 Å². The van der Waals surface area contributed by atoms with Crippen LogP contribution in [0.4, 0.5) is 0 Å². The maximum absolute atomic E-state index is 11.9. The lowest BCUT2D eigenvalue weighted by molar-refractivity contribution is 0.0940. The van der Waals surface area contributed by atoms with Gasteiger partial charge in [0.15, 0.2) is 0 Å². The molecule has 2 N–H and O–H groups in total. The van der Waals surface area contributed by atoms with Gasteiger partial charge in [0.05, 0.1) is 0 Å². The van der Waals surface area contributed by atoms with Crippen molar-refractivity contribution in [2.75, 3.05) is 13.2 Å². The van der Waals surface area contributed by atoms with Crippen molar-refractivity contribution in [3.8, 4) is 0 Å². The summed E-state index contributed by atoms with van der Waals surface area (Å²) in [6.45, 7) is 0.726. The van der Waals surface area contributed by atoms with Gasteiger partial charge in [-0.25, -0.2) is 0 Å². The summed E-state index contributed by atoms with van der Waals surface area (Å²) in [6.07, 6.45) is 4.40. The summed E-state index contributed by atoms with van der Waals surface area (Å²) >= 11 is 0. The first kappa shape index (κ1) is 12.8. The standard InChI is InChI=1S/C13H18N2O3/c1-15-6-2-10(8-11(15)17)12(18)14-9-13(3-4-13)5-7-16/h2,6,8,16H,3-5,7,9H2,1H3,(H,14,18). The van der Waals surface area contributed by atoms with E-state index in [-0.39, 0.29) is 23.5 Å². The average Bonchev–Trinajstić information content (AvgIpc) is 3.11. The molecule has 1 aliphatic carbocycles. The molecule has 0 atom stereocenters. The summed E-state index contributed by atoms with van der Waals surface area (Å²) in [5, 5.41) is 11.8. The SMILES string of the molecule is Cn1ccc(C(=O)NCC2(CCO)CC2)cc1=O. The Kier molecular flexibility index (Phi) is 3.52. The molecule has 0 radical (unpaired) electrons. The number of carbonyl (C=O) groups is 1. The van der Waals surface area contributed by atoms with Crippen molar-refractivity contribution in [2.45, 2.75) is 19.3 Å². The van der Waals surface area contributed by atoms with Crippen LogP contribution in [0, 0.1) is 5.41 Å². The van der Waals surface area contributed by atoms with Crippen molar-refractivity contribution >= 4 is 5.91 Å². The van der Waals surface area contributed by atoms with Crippen LogP contribution in [0.1, 0.15) is 29.6 Å². The minimum absolute atomic E-state index is 0.0875. The Morgan fingerprint density at radius 3 is 2.83 bits per heavy atom. The van der Waals surface area contributed by atoms with Gasteiger partial charge in [0, 0.05) is 38.0 Å². The summed E-state index contributed by atoms with van der Waals surface area (Å²) < 4.78 is 1.42. The topological polar surface area (TPSA) is 71.3 Å². The van der Waals surface area contributed by atoms with Crippen molar-refractivity contribution in [1.82, 2.24) is 9.88 Å². The van der Waals surface area contributed by atoms with Gasteiger partial charge >= 0.3 is 0 Å². The number of aliphatic hydroxyl groups is 1. The van der Waals surface area contributed by atoms with Crippen LogP contribution in [0.2, 0.25) is 0 Å². The zero-order valence-electron chi connectivity index (χ0n) is 10.5. The largest absolute Gasteiger partial charge is 0.396 e. The molecular weight excluding hydrogens is 232 g/mol. The van der Waals surface area contributed by atoms with E-state index in [1.54, 1.807) is 19.3 Å². The Morgan fingerprint density at radius 2 is 2.28 bits per heavy atom. The van der Waals surface area contributed by atoms with E-state index >= 15 is 0 Å². The highest BCUT2D eigenvalue weighted by Crippen LogP contribution is 2.47. The number of aryl methyl sites for hydroxylation is 1. The molecule has 1 amide bonds. The van der Waals surface area contributed by atoms with E-state index in [1.165, 1.54) is 10.6 Å². The van der Waals surface area contributed by atoms with Crippen LogP contribution in [0.3, 0.4) is 0 Å². The quantitative estimate of drug-likeness (QED) is 0.788. The summed E-state index contributed by atoms with van der Waals surface area (Å²) in [5.74, 6) is -0.225. The van der Waals surface area contributed by atoms with Gasteiger partial charge in [-0.1, -0.05) is 0 Å². The van der Waals surface area contributed by atoms with Crippen LogP contribution in [0.15, 0.2) is 23.1 Å². The van der Waals surface area contributed by atoms with E-state index in [0.717, 1.165) is 19.3 Å². The molecule has 0 spiro atoms. The molecule has 5 nitrogen and oxygen atoms in total. The predicted octanol–water partition coefficient (Wildman–Crippen LogP) is 0.278. The normalized spacial score (nSPS) is 16.3. The number of aromatic nitrogens is 1. The molecule has 98 valence electrons. The number of pyridine rings is 1. The summed E-state index contributed by atoms with van der Waals surface area (Å²) in [5.41, 5.74) is 0.279. The molecule has 1 aromatic heterocycles. The smallest absolute Gasteiger partial charge is 0.251 e. The second-order valence-electron chi connectivity index (χ2n) is 5.02. The van der Waals surface area contributed by atoms with Gasteiger partial charge in [-0.2, -0.15) is 0 Å². The fourth-order valence-electron chi connectivity index (χ4n) is 1.99. The summed E-state index contributed by atoms with van der Waals surface area (Å²) in [7, 11) is 1.64. The van der Waals surface area contributed by atoms with Crippen molar-refractivity contribution in [3.05, 3.63) is 34.2 Å². The monoisotopic (exact) mass is 250 g/mol. The third-order valence-corrected chi connectivity index (χ3v) is 3.59. The average molecular weight is 250 g/mol. The third kappa shape index (κ3) is 2.79. The number of rotatable bonds is 5. The lowest BCUT2D eigenvalue weighted by atomic mass is 10.0. The van der Waals surface area contributed by atoms with Crippen LogP contribution >= 0.6 is 0 Å². The highest BCUT2D eigenvalue weighted by Gasteiger charge is 2.41. The van der Waals surface area contributed by atoms with Crippen molar-refractivity contribution in [1.29, 1.82) is 0 Å². The molecule has 0 bridgehead atoms. The first-order chi connectivity index (χ1) is 8.56. The molecule has 1 aromatic rings. The first-order valence-electron chi connectivity index (χ1n) is 6.12. The lowest BCUT2D eigenvalue weighted by Crippen LogP contribution is -2.31. The second-order valence-corrected chi connectivity index (χ2v) is 5.02. The Bertz CT molecular complexity index is 503. The minimum atomic E-state index is -0.225. The highest BCUT2D eigenvalue weighted by atomic mass is 16.3. The zero-order chi connectivity index (χ0) is 13.2. The van der Waals surface area contributed by atoms with Gasteiger partial charge in [0.1, 0.15) is 0 Å². The fraction of sp³-hybridized carbons (Fsp3) is 0.538. The number of nitrogens with zero attached hydrogens (tertiary/aromatic N) is 1. The van der Waals surface area contributed by atoms with Crippen LogP contribution in [0.5, 0.6) is 0 Å². The van der Waals surface area contributed by atoms with E-state index in [1.807, 2.05) is 0 Å². The number of amides is 1. The molecule has 1 saturated carbocycles. The molecule has 1 heterocycles. The Balaban J connectivity index is 1.96. The lowest BCUT2D eigenvalue weighted by Gasteiger charge is -2.14. The maximum Gasteiger partial charge on any atom is 0.251 e. The van der Waals surface area contributed by atoms with Crippen LogP contribution in [0.25, 0.3) is 0 Å². The number of aliphatic hydroxyl groups excluding tert-OH is 1. The van der Waals surface area contributed by atoms with Gasteiger partial charge in [-0.3, -0.25) is 9.59 Å². The molecule has 0 aromatic carbocycles. The van der Waals surface area contributed by atoms with Crippen molar-refractivity contribution < 1.29 is 9.90 Å². The molecule has 1 aliphatic rings. The first-order valence-corrected chi connectivity index (χ1v) is 6.12. The Hall–Kier alpha value is -1.62.